The Balaban J connectivity index is 1.59. The van der Waals surface area contributed by atoms with E-state index in [4.69, 9.17) is 4.74 Å². The fourth-order valence-corrected chi connectivity index (χ4v) is 3.13. The number of hydrogen-bond acceptors (Lipinski definition) is 4. The van der Waals surface area contributed by atoms with Crippen LogP contribution in [0.1, 0.15) is 44.9 Å². The molecule has 1 aromatic carbocycles. The molecular formula is C19H25N3O3. The van der Waals surface area contributed by atoms with Gasteiger partial charge in [0.05, 0.1) is 10.9 Å². The monoisotopic (exact) mass is 343 g/mol. The third-order valence-electron chi connectivity index (χ3n) is 4.51. The van der Waals surface area contributed by atoms with E-state index in [0.717, 1.165) is 38.1 Å². The topological polar surface area (TPSA) is 73.2 Å². The summed E-state index contributed by atoms with van der Waals surface area (Å²) in [5.41, 5.74) is 0.661. The highest BCUT2D eigenvalue weighted by atomic mass is 16.5. The Bertz CT molecular complexity index is 813. The molecule has 0 unspecified atom stereocenters. The second-order valence-electron chi connectivity index (χ2n) is 6.47. The molecule has 0 saturated heterocycles. The number of aromatic nitrogens is 2. The maximum atomic E-state index is 12.5. The molecule has 6 heteroatoms. The van der Waals surface area contributed by atoms with Gasteiger partial charge < -0.3 is 10.1 Å². The van der Waals surface area contributed by atoms with Crippen molar-refractivity contribution in [3.05, 3.63) is 34.4 Å². The van der Waals surface area contributed by atoms with E-state index in [1.54, 1.807) is 22.8 Å². The molecule has 0 aliphatic carbocycles. The van der Waals surface area contributed by atoms with E-state index in [9.17, 15) is 9.59 Å². The quantitative estimate of drug-likeness (QED) is 0.747. The molecule has 25 heavy (non-hydrogen) atoms. The lowest BCUT2D eigenvalue weighted by Gasteiger charge is -2.09. The smallest absolute Gasteiger partial charge is 0.261 e. The summed E-state index contributed by atoms with van der Waals surface area (Å²) in [4.78, 5) is 28.9. The molecule has 0 saturated carbocycles. The first kappa shape index (κ1) is 17.5. The van der Waals surface area contributed by atoms with Crippen molar-refractivity contribution < 1.29 is 9.53 Å². The van der Waals surface area contributed by atoms with Crippen LogP contribution in [0.4, 0.5) is 0 Å². The molecule has 0 bridgehead atoms. The van der Waals surface area contributed by atoms with Crippen LogP contribution in [-0.4, -0.2) is 28.6 Å². The highest BCUT2D eigenvalue weighted by Crippen LogP contribution is 2.19. The van der Waals surface area contributed by atoms with Crippen LogP contribution in [0.3, 0.4) is 0 Å². The first-order chi connectivity index (χ1) is 12.2. The van der Waals surface area contributed by atoms with Gasteiger partial charge in [0.15, 0.2) is 6.61 Å². The Labute approximate surface area is 147 Å². The summed E-state index contributed by atoms with van der Waals surface area (Å²) in [6.45, 7) is 3.52. The minimum atomic E-state index is -0.139. The molecule has 2 aromatic rings. The molecule has 0 radical (unpaired) electrons. The van der Waals surface area contributed by atoms with Gasteiger partial charge in [0, 0.05) is 19.5 Å². The molecule has 2 heterocycles. The zero-order chi connectivity index (χ0) is 17.6. The van der Waals surface area contributed by atoms with Crippen molar-refractivity contribution in [2.45, 2.75) is 52.0 Å². The average Bonchev–Trinajstić information content (AvgIpc) is 3.09. The number of ether oxygens (including phenoxy) is 1. The molecule has 3 rings (SSSR count). The van der Waals surface area contributed by atoms with Gasteiger partial charge in [-0.3, -0.25) is 14.2 Å². The Kier molecular flexibility index (Phi) is 5.68. The van der Waals surface area contributed by atoms with E-state index in [0.29, 0.717) is 23.2 Å². The molecule has 0 spiro atoms. The lowest BCUT2D eigenvalue weighted by molar-refractivity contribution is -0.123. The molecule has 0 atom stereocenters. The predicted octanol–water partition coefficient (Wildman–Crippen LogP) is 2.42. The van der Waals surface area contributed by atoms with E-state index in [2.05, 4.69) is 17.2 Å². The number of carbonyl (C=O) groups is 1. The van der Waals surface area contributed by atoms with Crippen LogP contribution in [0, 0.1) is 0 Å². The van der Waals surface area contributed by atoms with Crippen LogP contribution in [0.5, 0.6) is 5.75 Å². The number of unbranched alkanes of at least 4 members (excludes halogenated alkanes) is 3. The van der Waals surface area contributed by atoms with Crippen molar-refractivity contribution in [1.82, 2.24) is 14.9 Å². The highest BCUT2D eigenvalue weighted by molar-refractivity contribution is 5.80. The Morgan fingerprint density at radius 3 is 3.04 bits per heavy atom. The Morgan fingerprint density at radius 1 is 1.32 bits per heavy atom. The Morgan fingerprint density at radius 2 is 2.20 bits per heavy atom. The van der Waals surface area contributed by atoms with Gasteiger partial charge in [-0.1, -0.05) is 26.2 Å². The van der Waals surface area contributed by atoms with Gasteiger partial charge in [-0.2, -0.15) is 0 Å². The number of nitrogens with zero attached hydrogens (tertiary/aromatic N) is 2. The van der Waals surface area contributed by atoms with Crippen molar-refractivity contribution in [2.75, 3.05) is 13.2 Å². The summed E-state index contributed by atoms with van der Waals surface area (Å²) in [5, 5.41) is 3.40. The number of carbonyl (C=O) groups excluding carboxylic acids is 1. The van der Waals surface area contributed by atoms with Crippen molar-refractivity contribution in [3.63, 3.8) is 0 Å². The molecule has 6 nitrogen and oxygen atoms in total. The molecular weight excluding hydrogens is 318 g/mol. The maximum absolute atomic E-state index is 12.5. The third kappa shape index (κ3) is 4.18. The number of nitrogens with one attached hydrogen (secondary N) is 1. The van der Waals surface area contributed by atoms with Crippen LogP contribution in [0.2, 0.25) is 0 Å². The number of hydrogen-bond donors (Lipinski definition) is 1. The van der Waals surface area contributed by atoms with Gasteiger partial charge in [0.1, 0.15) is 11.6 Å². The van der Waals surface area contributed by atoms with E-state index in [1.807, 2.05) is 0 Å². The van der Waals surface area contributed by atoms with Crippen LogP contribution in [0.15, 0.2) is 23.0 Å². The minimum absolute atomic E-state index is 0.0247. The van der Waals surface area contributed by atoms with Crippen molar-refractivity contribution >= 4 is 16.8 Å². The van der Waals surface area contributed by atoms with Crippen molar-refractivity contribution in [2.24, 2.45) is 0 Å². The summed E-state index contributed by atoms with van der Waals surface area (Å²) in [5.74, 6) is 1.24. The highest BCUT2D eigenvalue weighted by Gasteiger charge is 2.16. The average molecular weight is 343 g/mol. The Hall–Kier alpha value is -2.37. The van der Waals surface area contributed by atoms with E-state index in [1.165, 1.54) is 12.8 Å². The maximum Gasteiger partial charge on any atom is 0.261 e. The second kappa shape index (κ2) is 8.14. The van der Waals surface area contributed by atoms with Gasteiger partial charge in [-0.25, -0.2) is 4.98 Å². The molecule has 1 N–H and O–H groups in total. The number of fused-ring (bicyclic) bond motifs is 2. The van der Waals surface area contributed by atoms with E-state index >= 15 is 0 Å². The largest absolute Gasteiger partial charge is 0.484 e. The molecule has 1 aliphatic heterocycles. The van der Waals surface area contributed by atoms with Gasteiger partial charge >= 0.3 is 0 Å². The fourth-order valence-electron chi connectivity index (χ4n) is 3.13. The van der Waals surface area contributed by atoms with E-state index < -0.39 is 0 Å². The summed E-state index contributed by atoms with van der Waals surface area (Å²) in [6.07, 6.45) is 6.29. The van der Waals surface area contributed by atoms with Gasteiger partial charge in [0.25, 0.3) is 11.5 Å². The predicted molar refractivity (Wildman–Crippen MR) is 97.0 cm³/mol. The number of rotatable bonds is 8. The number of aryl methyl sites for hydroxylation is 1. The first-order valence-electron chi connectivity index (χ1n) is 9.12. The lowest BCUT2D eigenvalue weighted by atomic mass is 10.2. The molecule has 1 aliphatic rings. The van der Waals surface area contributed by atoms with Gasteiger partial charge in [-0.15, -0.1) is 0 Å². The summed E-state index contributed by atoms with van der Waals surface area (Å²) < 4.78 is 7.27. The van der Waals surface area contributed by atoms with Crippen LogP contribution in [-0.2, 0) is 17.8 Å². The lowest BCUT2D eigenvalue weighted by Crippen LogP contribution is -2.29. The van der Waals surface area contributed by atoms with Crippen LogP contribution < -0.4 is 15.6 Å². The molecule has 134 valence electrons. The first-order valence-corrected chi connectivity index (χ1v) is 9.12. The van der Waals surface area contributed by atoms with Crippen LogP contribution >= 0.6 is 0 Å². The van der Waals surface area contributed by atoms with Gasteiger partial charge in [0.2, 0.25) is 0 Å². The number of benzene rings is 1. The summed E-state index contributed by atoms with van der Waals surface area (Å²) in [6, 6.07) is 5.23. The van der Waals surface area contributed by atoms with Crippen molar-refractivity contribution in [3.8, 4) is 5.75 Å². The molecule has 0 fully saturated rings. The summed E-state index contributed by atoms with van der Waals surface area (Å²) >= 11 is 0. The minimum Gasteiger partial charge on any atom is -0.484 e. The SMILES string of the molecule is CCCCCCNC(=O)COc1ccc2nc3n(c(=O)c2c1)CCC3. The fraction of sp³-hybridized carbons (Fsp3) is 0.526. The zero-order valence-corrected chi connectivity index (χ0v) is 14.7. The normalized spacial score (nSPS) is 13.0. The summed E-state index contributed by atoms with van der Waals surface area (Å²) in [7, 11) is 0. The van der Waals surface area contributed by atoms with Crippen molar-refractivity contribution in [1.29, 1.82) is 0 Å². The standard InChI is InChI=1S/C19H25N3O3/c1-2-3-4-5-10-20-18(23)13-25-14-8-9-16-15(12-14)19(24)22-11-6-7-17(22)21-16/h8-9,12H,2-7,10-11,13H2,1H3,(H,20,23). The molecule has 1 aromatic heterocycles. The number of amides is 1. The van der Waals surface area contributed by atoms with Crippen LogP contribution in [0.25, 0.3) is 10.9 Å². The second-order valence-corrected chi connectivity index (χ2v) is 6.47. The van der Waals surface area contributed by atoms with E-state index in [-0.39, 0.29) is 18.1 Å². The molecule has 1 amide bonds. The zero-order valence-electron chi connectivity index (χ0n) is 14.7. The van der Waals surface area contributed by atoms with Gasteiger partial charge in [-0.05, 0) is 31.0 Å². The third-order valence-corrected chi connectivity index (χ3v) is 4.51.